The molecule has 3 aromatic rings. The molecule has 1 aromatic heterocycles. The van der Waals surface area contributed by atoms with Crippen LogP contribution in [0.3, 0.4) is 0 Å². The molecule has 0 unspecified atom stereocenters. The number of hydrogen-bond donors (Lipinski definition) is 3. The fourth-order valence-corrected chi connectivity index (χ4v) is 4.34. The van der Waals surface area contributed by atoms with Gasteiger partial charge in [0.15, 0.2) is 0 Å². The number of carboxylic acid groups (broad SMARTS) is 1. The first-order valence-electron chi connectivity index (χ1n) is 11.0. The number of nitrogens with zero attached hydrogens (tertiary/aromatic N) is 1. The van der Waals surface area contributed by atoms with Crippen LogP contribution in [0.1, 0.15) is 45.9 Å². The standard InChI is InChI=1S/C25H23N3O6/c29-22(27-14-25(9-10-25)23(30)31)20-13-34-28-21(20)11-26-24(32)33-12-19-17-7-3-1-5-15(17)16-6-2-4-8-18(16)19/h1-8,13,19H,9-12,14H2,(H,26,32)(H,27,29)(H,30,31). The van der Waals surface area contributed by atoms with Crippen LogP contribution in [-0.4, -0.2) is 41.4 Å². The molecule has 1 saturated carbocycles. The molecular weight excluding hydrogens is 438 g/mol. The molecule has 2 aliphatic rings. The van der Waals surface area contributed by atoms with E-state index < -0.39 is 23.4 Å². The average Bonchev–Trinajstić information content (AvgIpc) is 3.39. The van der Waals surface area contributed by atoms with Gasteiger partial charge in [0, 0.05) is 12.5 Å². The molecule has 0 radical (unpaired) electrons. The number of nitrogens with one attached hydrogen (secondary N) is 2. The van der Waals surface area contributed by atoms with E-state index in [-0.39, 0.29) is 36.9 Å². The molecule has 0 saturated heterocycles. The van der Waals surface area contributed by atoms with E-state index in [1.807, 2.05) is 36.4 Å². The van der Waals surface area contributed by atoms with Crippen molar-refractivity contribution in [1.82, 2.24) is 15.8 Å². The molecule has 0 spiro atoms. The summed E-state index contributed by atoms with van der Waals surface area (Å²) in [5, 5.41) is 18.2. The Kier molecular flexibility index (Phi) is 5.53. The van der Waals surface area contributed by atoms with Gasteiger partial charge < -0.3 is 25.0 Å². The molecule has 174 valence electrons. The van der Waals surface area contributed by atoms with Gasteiger partial charge in [-0.25, -0.2) is 4.79 Å². The van der Waals surface area contributed by atoms with E-state index in [2.05, 4.69) is 27.9 Å². The van der Waals surface area contributed by atoms with Crippen molar-refractivity contribution in [3.8, 4) is 11.1 Å². The molecule has 2 aromatic carbocycles. The zero-order valence-electron chi connectivity index (χ0n) is 18.2. The fraction of sp³-hybridized carbons (Fsp3) is 0.280. The van der Waals surface area contributed by atoms with E-state index >= 15 is 0 Å². The number of ether oxygens (including phenoxy) is 1. The Morgan fingerprint density at radius 2 is 1.68 bits per heavy atom. The van der Waals surface area contributed by atoms with Gasteiger partial charge in [-0.1, -0.05) is 53.7 Å². The Bertz CT molecular complexity index is 1220. The smallest absolute Gasteiger partial charge is 0.407 e. The normalized spacial score (nSPS) is 15.2. The summed E-state index contributed by atoms with van der Waals surface area (Å²) in [4.78, 5) is 36.1. The van der Waals surface area contributed by atoms with Gasteiger partial charge in [-0.05, 0) is 35.1 Å². The monoisotopic (exact) mass is 461 g/mol. The molecule has 0 atom stereocenters. The van der Waals surface area contributed by atoms with Crippen molar-refractivity contribution in [1.29, 1.82) is 0 Å². The minimum atomic E-state index is -0.921. The first kappa shape index (κ1) is 21.7. The summed E-state index contributed by atoms with van der Waals surface area (Å²) in [5.41, 5.74) is 3.99. The van der Waals surface area contributed by atoms with E-state index in [0.717, 1.165) is 22.3 Å². The first-order valence-corrected chi connectivity index (χ1v) is 11.0. The molecule has 9 heteroatoms. The average molecular weight is 461 g/mol. The maximum atomic E-state index is 12.5. The van der Waals surface area contributed by atoms with Crippen molar-refractivity contribution in [3.05, 3.63) is 77.2 Å². The second-order valence-corrected chi connectivity index (χ2v) is 8.62. The number of aromatic nitrogens is 1. The first-order chi connectivity index (χ1) is 16.5. The number of fused-ring (bicyclic) bond motifs is 3. The minimum Gasteiger partial charge on any atom is -0.481 e. The van der Waals surface area contributed by atoms with Crippen molar-refractivity contribution < 1.29 is 28.8 Å². The van der Waals surface area contributed by atoms with Gasteiger partial charge in [-0.2, -0.15) is 0 Å². The van der Waals surface area contributed by atoms with Gasteiger partial charge in [0.25, 0.3) is 5.91 Å². The van der Waals surface area contributed by atoms with E-state index in [1.165, 1.54) is 6.26 Å². The highest BCUT2D eigenvalue weighted by atomic mass is 16.5. The van der Waals surface area contributed by atoms with Crippen molar-refractivity contribution >= 4 is 18.0 Å². The van der Waals surface area contributed by atoms with E-state index in [0.29, 0.717) is 12.8 Å². The molecule has 1 heterocycles. The van der Waals surface area contributed by atoms with Crippen LogP contribution in [0.15, 0.2) is 59.3 Å². The van der Waals surface area contributed by atoms with Crippen molar-refractivity contribution in [2.45, 2.75) is 25.3 Å². The highest BCUT2D eigenvalue weighted by molar-refractivity contribution is 5.95. The third kappa shape index (κ3) is 4.00. The number of benzene rings is 2. The van der Waals surface area contributed by atoms with Crippen molar-refractivity contribution in [2.75, 3.05) is 13.2 Å². The number of alkyl carbamates (subject to hydrolysis) is 1. The van der Waals surface area contributed by atoms with Gasteiger partial charge in [0.2, 0.25) is 0 Å². The summed E-state index contributed by atoms with van der Waals surface area (Å²) < 4.78 is 10.4. The maximum Gasteiger partial charge on any atom is 0.407 e. The lowest BCUT2D eigenvalue weighted by Crippen LogP contribution is -2.35. The number of carbonyl (C=O) groups excluding carboxylic acids is 2. The molecule has 9 nitrogen and oxygen atoms in total. The zero-order chi connectivity index (χ0) is 23.7. The van der Waals surface area contributed by atoms with E-state index in [4.69, 9.17) is 9.26 Å². The minimum absolute atomic E-state index is 0.0333. The Labute approximate surface area is 195 Å². The summed E-state index contributed by atoms with van der Waals surface area (Å²) in [6, 6.07) is 16.1. The molecule has 3 N–H and O–H groups in total. The van der Waals surface area contributed by atoms with Crippen LogP contribution in [0.2, 0.25) is 0 Å². The number of carbonyl (C=O) groups is 3. The summed E-state index contributed by atoms with van der Waals surface area (Å²) in [6.07, 6.45) is 1.59. The van der Waals surface area contributed by atoms with Crippen LogP contribution in [0.4, 0.5) is 4.79 Å². The SMILES string of the molecule is O=C(NCc1nocc1C(=O)NCC1(C(=O)O)CC1)OCC1c2ccccc2-c2ccccc21. The van der Waals surface area contributed by atoms with Gasteiger partial charge in [0.05, 0.1) is 12.0 Å². The van der Waals surface area contributed by atoms with Crippen LogP contribution in [0.25, 0.3) is 11.1 Å². The molecule has 34 heavy (non-hydrogen) atoms. The molecule has 5 rings (SSSR count). The highest BCUT2D eigenvalue weighted by Crippen LogP contribution is 2.45. The third-order valence-electron chi connectivity index (χ3n) is 6.53. The van der Waals surface area contributed by atoms with Gasteiger partial charge >= 0.3 is 12.1 Å². The molecule has 2 aliphatic carbocycles. The predicted molar refractivity (Wildman–Crippen MR) is 120 cm³/mol. The topological polar surface area (TPSA) is 131 Å². The Balaban J connectivity index is 1.16. The Hall–Kier alpha value is -4.14. The van der Waals surface area contributed by atoms with E-state index in [1.54, 1.807) is 0 Å². The van der Waals surface area contributed by atoms with Gasteiger partial charge in [-0.15, -0.1) is 0 Å². The summed E-state index contributed by atoms with van der Waals surface area (Å²) >= 11 is 0. The Morgan fingerprint density at radius 3 is 2.29 bits per heavy atom. The summed E-state index contributed by atoms with van der Waals surface area (Å²) in [5.74, 6) is -1.48. The molecule has 0 bridgehead atoms. The molecule has 2 amide bonds. The maximum absolute atomic E-state index is 12.5. The molecule has 0 aliphatic heterocycles. The summed E-state index contributed by atoms with van der Waals surface area (Å²) in [6.45, 7) is 0.134. The predicted octanol–water partition coefficient (Wildman–Crippen LogP) is 3.31. The lowest BCUT2D eigenvalue weighted by Gasteiger charge is -2.14. The zero-order valence-corrected chi connectivity index (χ0v) is 18.2. The van der Waals surface area contributed by atoms with Gasteiger partial charge in [-0.3, -0.25) is 9.59 Å². The lowest BCUT2D eigenvalue weighted by molar-refractivity contribution is -0.143. The largest absolute Gasteiger partial charge is 0.481 e. The number of rotatable bonds is 8. The fourth-order valence-electron chi connectivity index (χ4n) is 4.34. The highest BCUT2D eigenvalue weighted by Gasteiger charge is 2.50. The second-order valence-electron chi connectivity index (χ2n) is 8.62. The number of carboxylic acids is 1. The lowest BCUT2D eigenvalue weighted by atomic mass is 9.98. The van der Waals surface area contributed by atoms with Gasteiger partial charge in [0.1, 0.15) is 24.1 Å². The third-order valence-corrected chi connectivity index (χ3v) is 6.53. The van der Waals surface area contributed by atoms with Crippen LogP contribution < -0.4 is 10.6 Å². The van der Waals surface area contributed by atoms with Crippen LogP contribution in [-0.2, 0) is 16.1 Å². The van der Waals surface area contributed by atoms with Crippen molar-refractivity contribution in [3.63, 3.8) is 0 Å². The number of amides is 2. The molecule has 1 fully saturated rings. The second kappa shape index (κ2) is 8.66. The van der Waals surface area contributed by atoms with Crippen molar-refractivity contribution in [2.24, 2.45) is 5.41 Å². The van der Waals surface area contributed by atoms with E-state index in [9.17, 15) is 19.5 Å². The number of aliphatic carboxylic acids is 1. The Morgan fingerprint density at radius 1 is 1.03 bits per heavy atom. The summed E-state index contributed by atoms with van der Waals surface area (Å²) in [7, 11) is 0. The van der Waals surface area contributed by atoms with Crippen LogP contribution in [0.5, 0.6) is 0 Å². The quantitative estimate of drug-likeness (QED) is 0.469. The van der Waals surface area contributed by atoms with Crippen LogP contribution >= 0.6 is 0 Å². The molecular formula is C25H23N3O6. The number of hydrogen-bond acceptors (Lipinski definition) is 6. The van der Waals surface area contributed by atoms with Crippen LogP contribution in [0, 0.1) is 5.41 Å².